The lowest BCUT2D eigenvalue weighted by molar-refractivity contribution is -0.146. The molecule has 1 aliphatic rings. The minimum atomic E-state index is -2.05. The number of carbonyl (C=O) groups is 2. The second-order valence-electron chi connectivity index (χ2n) is 12.2. The van der Waals surface area contributed by atoms with Gasteiger partial charge in [0.2, 0.25) is 14.3 Å². The van der Waals surface area contributed by atoms with E-state index in [2.05, 4.69) is 63.6 Å². The predicted molar refractivity (Wildman–Crippen MR) is 163 cm³/mol. The van der Waals surface area contributed by atoms with E-state index in [1.165, 1.54) is 31.4 Å². The first-order valence-corrected chi connectivity index (χ1v) is 16.9. The highest BCUT2D eigenvalue weighted by molar-refractivity contribution is 6.77. The molecule has 41 heavy (non-hydrogen) atoms. The molecule has 3 aromatic rings. The zero-order valence-corrected chi connectivity index (χ0v) is 26.4. The zero-order chi connectivity index (χ0) is 29.9. The molecule has 7 nitrogen and oxygen atoms in total. The van der Waals surface area contributed by atoms with E-state index < -0.39 is 14.1 Å². The van der Waals surface area contributed by atoms with Crippen LogP contribution in [0.25, 0.3) is 11.0 Å². The van der Waals surface area contributed by atoms with Gasteiger partial charge in [-0.2, -0.15) is 0 Å². The summed E-state index contributed by atoms with van der Waals surface area (Å²) < 4.78 is 27.4. The Kier molecular flexibility index (Phi) is 9.69. The fourth-order valence-electron chi connectivity index (χ4n) is 6.91. The maximum absolute atomic E-state index is 13.5. The Morgan fingerprint density at radius 3 is 2.15 bits per heavy atom. The minimum Gasteiger partial charge on any atom is -0.469 e. The standard InChI is InChI=1S/C32H44FN3O4Si/c1-20(2)41(21(3)4,22(5)6)40-19-23-8-17-28-29(18-23)36(27-15-11-25(12-16-27)31(38)39-7)32(34-28)35-30(37)24-9-13-26(33)14-10-24/h8-10,13-14,17-18,20-22,25,27H,11-12,15-16,19H2,1-7H3,(H,34,35,37)/t25-,27+. The average molecular weight is 582 g/mol. The molecule has 4 rings (SSSR count). The van der Waals surface area contributed by atoms with Crippen molar-refractivity contribution in [2.75, 3.05) is 12.4 Å². The third kappa shape index (κ3) is 6.41. The fourth-order valence-corrected chi connectivity index (χ4v) is 12.3. The van der Waals surface area contributed by atoms with E-state index in [4.69, 9.17) is 14.1 Å². The van der Waals surface area contributed by atoms with Gasteiger partial charge in [0.05, 0.1) is 30.7 Å². The molecule has 0 aliphatic heterocycles. The molecular formula is C32H44FN3O4Si. The van der Waals surface area contributed by atoms with Crippen LogP contribution in [0.3, 0.4) is 0 Å². The SMILES string of the molecule is COC(=O)[C@H]1CC[C@@H](n2c(NC(=O)c3ccc(F)cc3)nc3ccc(CO[Si](C(C)C)(C(C)C)C(C)C)cc32)CC1. The molecular weight excluding hydrogens is 537 g/mol. The van der Waals surface area contributed by atoms with Gasteiger partial charge in [-0.3, -0.25) is 14.9 Å². The van der Waals surface area contributed by atoms with Crippen LogP contribution in [0.1, 0.15) is 89.2 Å². The van der Waals surface area contributed by atoms with Gasteiger partial charge in [0, 0.05) is 11.6 Å². The fraction of sp³-hybridized carbons (Fsp3) is 0.531. The maximum Gasteiger partial charge on any atom is 0.308 e. The molecule has 0 saturated heterocycles. The van der Waals surface area contributed by atoms with Crippen molar-refractivity contribution in [3.8, 4) is 0 Å². The number of anilines is 1. The summed E-state index contributed by atoms with van der Waals surface area (Å²) in [6.07, 6.45) is 2.93. The first kappa shape index (κ1) is 30.9. The Bertz CT molecular complexity index is 1340. The van der Waals surface area contributed by atoms with E-state index in [0.29, 0.717) is 47.6 Å². The number of aromatic nitrogens is 2. The van der Waals surface area contributed by atoms with E-state index >= 15 is 0 Å². The van der Waals surface area contributed by atoms with Crippen LogP contribution in [0.15, 0.2) is 42.5 Å². The van der Waals surface area contributed by atoms with Gasteiger partial charge in [0.15, 0.2) is 0 Å². The summed E-state index contributed by atoms with van der Waals surface area (Å²) in [6, 6.07) is 11.7. The topological polar surface area (TPSA) is 82.5 Å². The lowest BCUT2D eigenvalue weighted by Crippen LogP contribution is -2.47. The van der Waals surface area contributed by atoms with Crippen molar-refractivity contribution >= 4 is 37.2 Å². The van der Waals surface area contributed by atoms with Gasteiger partial charge in [0.25, 0.3) is 5.91 Å². The lowest BCUT2D eigenvalue weighted by atomic mass is 9.86. The third-order valence-corrected chi connectivity index (χ3v) is 14.9. The summed E-state index contributed by atoms with van der Waals surface area (Å²) in [5.74, 6) is -0.589. The molecule has 0 unspecified atom stereocenters. The third-order valence-electron chi connectivity index (χ3n) is 8.88. The van der Waals surface area contributed by atoms with Crippen molar-refractivity contribution < 1.29 is 23.1 Å². The number of esters is 1. The summed E-state index contributed by atoms with van der Waals surface area (Å²) in [4.78, 5) is 30.1. The number of imidazole rings is 1. The van der Waals surface area contributed by atoms with Crippen LogP contribution in [0.2, 0.25) is 16.6 Å². The molecule has 0 spiro atoms. The number of carbonyl (C=O) groups excluding carboxylic acids is 2. The second kappa shape index (κ2) is 12.9. The molecule has 1 heterocycles. The van der Waals surface area contributed by atoms with Crippen LogP contribution < -0.4 is 5.32 Å². The zero-order valence-electron chi connectivity index (χ0n) is 25.4. The molecule has 0 atom stereocenters. The van der Waals surface area contributed by atoms with Crippen molar-refractivity contribution in [1.82, 2.24) is 9.55 Å². The van der Waals surface area contributed by atoms with Crippen molar-refractivity contribution in [3.63, 3.8) is 0 Å². The van der Waals surface area contributed by atoms with Gasteiger partial charge < -0.3 is 13.7 Å². The van der Waals surface area contributed by atoms with Gasteiger partial charge in [-0.25, -0.2) is 9.37 Å². The molecule has 1 aliphatic carbocycles. The number of nitrogens with one attached hydrogen (secondary N) is 1. The first-order valence-electron chi connectivity index (χ1n) is 14.8. The van der Waals surface area contributed by atoms with E-state index in [1.807, 2.05) is 6.07 Å². The molecule has 0 bridgehead atoms. The first-order chi connectivity index (χ1) is 19.5. The highest BCUT2D eigenvalue weighted by Crippen LogP contribution is 2.43. The largest absolute Gasteiger partial charge is 0.469 e. The van der Waals surface area contributed by atoms with Crippen molar-refractivity contribution in [2.24, 2.45) is 5.92 Å². The number of halogens is 1. The number of amides is 1. The summed E-state index contributed by atoms with van der Waals surface area (Å²) >= 11 is 0. The number of benzene rings is 2. The predicted octanol–water partition coefficient (Wildman–Crippen LogP) is 8.02. The number of hydrogen-bond donors (Lipinski definition) is 1. The Hall–Kier alpha value is -3.04. The highest BCUT2D eigenvalue weighted by Gasteiger charge is 2.45. The molecule has 1 amide bonds. The Labute approximate surface area is 244 Å². The molecule has 1 aromatic heterocycles. The molecule has 2 aromatic carbocycles. The van der Waals surface area contributed by atoms with Crippen LogP contribution >= 0.6 is 0 Å². The van der Waals surface area contributed by atoms with Gasteiger partial charge in [-0.1, -0.05) is 47.6 Å². The molecule has 1 N–H and O–H groups in total. The monoisotopic (exact) mass is 581 g/mol. The summed E-state index contributed by atoms with van der Waals surface area (Å²) in [7, 11) is -0.623. The minimum absolute atomic E-state index is 0.0519. The maximum atomic E-state index is 13.5. The number of nitrogens with zero attached hydrogens (tertiary/aromatic N) is 2. The Morgan fingerprint density at radius 2 is 1.59 bits per heavy atom. The van der Waals surface area contributed by atoms with Crippen LogP contribution in [-0.4, -0.2) is 36.9 Å². The van der Waals surface area contributed by atoms with E-state index in [1.54, 1.807) is 0 Å². The second-order valence-corrected chi connectivity index (χ2v) is 17.7. The number of fused-ring (bicyclic) bond motifs is 1. The quantitative estimate of drug-likeness (QED) is 0.194. The molecule has 1 saturated carbocycles. The van der Waals surface area contributed by atoms with Gasteiger partial charge in [-0.05, 0) is 84.3 Å². The molecule has 222 valence electrons. The summed E-state index contributed by atoms with van der Waals surface area (Å²) in [5.41, 5.74) is 4.56. The van der Waals surface area contributed by atoms with E-state index in [-0.39, 0.29) is 23.8 Å². The molecule has 1 fully saturated rings. The Balaban J connectivity index is 1.69. The number of ether oxygens (including phenoxy) is 1. The number of rotatable bonds is 10. The Morgan fingerprint density at radius 1 is 0.976 bits per heavy atom. The van der Waals surface area contributed by atoms with Crippen LogP contribution in [0, 0.1) is 11.7 Å². The molecule has 9 heteroatoms. The average Bonchev–Trinajstić information content (AvgIpc) is 3.29. The van der Waals surface area contributed by atoms with Crippen molar-refractivity contribution in [1.29, 1.82) is 0 Å². The van der Waals surface area contributed by atoms with Crippen LogP contribution in [-0.2, 0) is 20.6 Å². The van der Waals surface area contributed by atoms with E-state index in [0.717, 1.165) is 29.4 Å². The van der Waals surface area contributed by atoms with Crippen LogP contribution in [0.5, 0.6) is 0 Å². The highest BCUT2D eigenvalue weighted by atomic mass is 28.4. The van der Waals surface area contributed by atoms with Crippen LogP contribution in [0.4, 0.5) is 10.3 Å². The van der Waals surface area contributed by atoms with Crippen molar-refractivity contribution in [2.45, 2.75) is 96.5 Å². The van der Waals surface area contributed by atoms with Gasteiger partial charge >= 0.3 is 5.97 Å². The molecule has 0 radical (unpaired) electrons. The normalized spacial score (nSPS) is 17.9. The van der Waals surface area contributed by atoms with Gasteiger partial charge in [-0.15, -0.1) is 0 Å². The van der Waals surface area contributed by atoms with E-state index in [9.17, 15) is 14.0 Å². The summed E-state index contributed by atoms with van der Waals surface area (Å²) in [5, 5.41) is 2.97. The summed E-state index contributed by atoms with van der Waals surface area (Å²) in [6.45, 7) is 14.2. The number of hydrogen-bond acceptors (Lipinski definition) is 5. The van der Waals surface area contributed by atoms with Crippen molar-refractivity contribution in [3.05, 3.63) is 59.4 Å². The lowest BCUT2D eigenvalue weighted by Gasteiger charge is -2.42. The smallest absolute Gasteiger partial charge is 0.308 e. The number of methoxy groups -OCH3 is 1. The van der Waals surface area contributed by atoms with Gasteiger partial charge in [0.1, 0.15) is 5.82 Å².